The average Bonchev–Trinajstić information content (AvgIpc) is 2.97. The van der Waals surface area contributed by atoms with E-state index in [4.69, 9.17) is 20.1 Å². The van der Waals surface area contributed by atoms with Gasteiger partial charge in [0.15, 0.2) is 5.76 Å². The average molecular weight is 296 g/mol. The van der Waals surface area contributed by atoms with Crippen LogP contribution in [0.25, 0.3) is 0 Å². The first-order chi connectivity index (χ1) is 9.48. The quantitative estimate of drug-likeness (QED) is 0.379. The van der Waals surface area contributed by atoms with E-state index < -0.39 is 9.84 Å². The molecule has 3 N–H and O–H groups in total. The van der Waals surface area contributed by atoms with Crippen molar-refractivity contribution in [3.63, 3.8) is 0 Å². The van der Waals surface area contributed by atoms with Crippen LogP contribution in [-0.4, -0.2) is 26.6 Å². The van der Waals surface area contributed by atoms with Gasteiger partial charge in [-0.15, -0.1) is 0 Å². The molecule has 0 saturated heterocycles. The molecule has 0 spiro atoms. The SMILES string of the molecule is COc1ccc(S(=O)(=O)c2ccc(/C(N)=N/O)o2)cc1. The van der Waals surface area contributed by atoms with E-state index in [-0.39, 0.29) is 21.6 Å². The van der Waals surface area contributed by atoms with Gasteiger partial charge in [-0.2, -0.15) is 0 Å². The molecule has 0 radical (unpaired) electrons. The number of hydrogen-bond acceptors (Lipinski definition) is 6. The van der Waals surface area contributed by atoms with Crippen molar-refractivity contribution in [2.24, 2.45) is 10.9 Å². The number of oxime groups is 1. The summed E-state index contributed by atoms with van der Waals surface area (Å²) in [6.07, 6.45) is 0. The van der Waals surface area contributed by atoms with Crippen molar-refractivity contribution < 1.29 is 22.8 Å². The van der Waals surface area contributed by atoms with Gasteiger partial charge >= 0.3 is 0 Å². The fourth-order valence-electron chi connectivity index (χ4n) is 1.52. The number of benzene rings is 1. The largest absolute Gasteiger partial charge is 0.497 e. The van der Waals surface area contributed by atoms with Gasteiger partial charge in [-0.05, 0) is 36.4 Å². The number of nitrogens with two attached hydrogens (primary N) is 1. The van der Waals surface area contributed by atoms with Crippen molar-refractivity contribution in [2.45, 2.75) is 9.99 Å². The van der Waals surface area contributed by atoms with E-state index in [2.05, 4.69) is 5.16 Å². The Balaban J connectivity index is 2.41. The zero-order valence-corrected chi connectivity index (χ0v) is 11.3. The van der Waals surface area contributed by atoms with E-state index in [0.29, 0.717) is 5.75 Å². The molecule has 0 unspecified atom stereocenters. The van der Waals surface area contributed by atoms with Crippen LogP contribution in [0.15, 0.2) is 56.0 Å². The van der Waals surface area contributed by atoms with E-state index in [0.717, 1.165) is 0 Å². The molecule has 0 amide bonds. The molecule has 0 aliphatic carbocycles. The summed E-state index contributed by atoms with van der Waals surface area (Å²) in [6.45, 7) is 0. The van der Waals surface area contributed by atoms with Gasteiger partial charge in [0.1, 0.15) is 5.75 Å². The second-order valence-electron chi connectivity index (χ2n) is 3.78. The molecule has 7 nitrogen and oxygen atoms in total. The van der Waals surface area contributed by atoms with Gasteiger partial charge < -0.3 is 20.1 Å². The van der Waals surface area contributed by atoms with Gasteiger partial charge in [0.05, 0.1) is 12.0 Å². The van der Waals surface area contributed by atoms with Crippen LogP contribution in [0.4, 0.5) is 0 Å². The van der Waals surface area contributed by atoms with E-state index in [1.54, 1.807) is 0 Å². The summed E-state index contributed by atoms with van der Waals surface area (Å²) in [5.41, 5.74) is 5.32. The van der Waals surface area contributed by atoms with Crippen LogP contribution in [-0.2, 0) is 9.84 Å². The summed E-state index contributed by atoms with van der Waals surface area (Å²) in [5, 5.41) is 11.0. The molecule has 0 saturated carbocycles. The van der Waals surface area contributed by atoms with E-state index >= 15 is 0 Å². The standard InChI is InChI=1S/C12H12N2O5S/c1-18-8-2-4-9(5-3-8)20(16,17)11-7-6-10(19-11)12(13)14-15/h2-7,15H,1H3,(H2,13,14). The van der Waals surface area contributed by atoms with Crippen LogP contribution in [0.1, 0.15) is 5.76 Å². The monoisotopic (exact) mass is 296 g/mol. The van der Waals surface area contributed by atoms with Crippen molar-refractivity contribution in [2.75, 3.05) is 7.11 Å². The Kier molecular flexibility index (Phi) is 3.66. The minimum Gasteiger partial charge on any atom is -0.497 e. The lowest BCUT2D eigenvalue weighted by atomic mass is 10.3. The summed E-state index contributed by atoms with van der Waals surface area (Å²) in [4.78, 5) is 0.0544. The van der Waals surface area contributed by atoms with Crippen molar-refractivity contribution in [1.82, 2.24) is 0 Å². The molecule has 1 heterocycles. The van der Waals surface area contributed by atoms with Crippen molar-refractivity contribution in [3.05, 3.63) is 42.2 Å². The zero-order chi connectivity index (χ0) is 14.8. The van der Waals surface area contributed by atoms with Crippen LogP contribution in [0.5, 0.6) is 5.75 Å². The fourth-order valence-corrected chi connectivity index (χ4v) is 2.70. The minimum atomic E-state index is -3.80. The Hall–Kier alpha value is -2.48. The lowest BCUT2D eigenvalue weighted by molar-refractivity contribution is 0.316. The Morgan fingerprint density at radius 1 is 1.25 bits per heavy atom. The third-order valence-electron chi connectivity index (χ3n) is 2.58. The number of methoxy groups -OCH3 is 1. The first kappa shape index (κ1) is 13.9. The smallest absolute Gasteiger partial charge is 0.239 e. The predicted molar refractivity (Wildman–Crippen MR) is 69.7 cm³/mol. The Labute approximate surface area is 115 Å². The molecule has 2 rings (SSSR count). The summed E-state index contributed by atoms with van der Waals surface area (Å²) in [5.74, 6) is 0.210. The molecule has 1 aromatic heterocycles. The van der Waals surface area contributed by atoms with Crippen LogP contribution in [0.2, 0.25) is 0 Å². The number of amidine groups is 1. The van der Waals surface area contributed by atoms with Gasteiger partial charge in [0.2, 0.25) is 20.8 Å². The van der Waals surface area contributed by atoms with Crippen molar-refractivity contribution >= 4 is 15.7 Å². The normalized spacial score (nSPS) is 12.3. The minimum absolute atomic E-state index is 0.0282. The van der Waals surface area contributed by atoms with Gasteiger partial charge in [-0.1, -0.05) is 5.16 Å². The third kappa shape index (κ3) is 2.45. The number of hydrogen-bond donors (Lipinski definition) is 2. The first-order valence-corrected chi connectivity index (χ1v) is 6.94. The summed E-state index contributed by atoms with van der Waals surface area (Å²) in [6, 6.07) is 8.42. The number of rotatable bonds is 4. The molecule has 0 bridgehead atoms. The highest BCUT2D eigenvalue weighted by Gasteiger charge is 2.22. The molecule has 2 aromatic rings. The first-order valence-electron chi connectivity index (χ1n) is 5.46. The topological polar surface area (TPSA) is 115 Å². The number of sulfone groups is 1. The fraction of sp³-hybridized carbons (Fsp3) is 0.0833. The van der Waals surface area contributed by atoms with E-state index in [1.165, 1.54) is 43.5 Å². The highest BCUT2D eigenvalue weighted by atomic mass is 32.2. The van der Waals surface area contributed by atoms with E-state index in [1.807, 2.05) is 0 Å². The van der Waals surface area contributed by atoms with Crippen LogP contribution in [0.3, 0.4) is 0 Å². The van der Waals surface area contributed by atoms with Crippen molar-refractivity contribution in [3.8, 4) is 5.75 Å². The van der Waals surface area contributed by atoms with E-state index in [9.17, 15) is 8.42 Å². The lowest BCUT2D eigenvalue weighted by Gasteiger charge is -2.03. The molecule has 106 valence electrons. The second kappa shape index (κ2) is 5.25. The Morgan fingerprint density at radius 3 is 2.45 bits per heavy atom. The summed E-state index contributed by atoms with van der Waals surface area (Å²) < 4.78 is 34.6. The molecular formula is C12H12N2O5S. The molecule has 0 aliphatic rings. The number of ether oxygens (including phenoxy) is 1. The van der Waals surface area contributed by atoms with Gasteiger partial charge in [-0.3, -0.25) is 0 Å². The Morgan fingerprint density at radius 2 is 1.90 bits per heavy atom. The van der Waals surface area contributed by atoms with Crippen LogP contribution in [0, 0.1) is 0 Å². The Bertz CT molecular complexity index is 731. The second-order valence-corrected chi connectivity index (χ2v) is 5.66. The summed E-state index contributed by atoms with van der Waals surface area (Å²) in [7, 11) is -2.31. The molecular weight excluding hydrogens is 284 g/mol. The maximum Gasteiger partial charge on any atom is 0.239 e. The van der Waals surface area contributed by atoms with Gasteiger partial charge in [0, 0.05) is 0 Å². The van der Waals surface area contributed by atoms with Gasteiger partial charge in [-0.25, -0.2) is 8.42 Å². The highest BCUT2D eigenvalue weighted by molar-refractivity contribution is 7.91. The lowest BCUT2D eigenvalue weighted by Crippen LogP contribution is -2.11. The molecule has 0 aliphatic heterocycles. The van der Waals surface area contributed by atoms with Crippen molar-refractivity contribution in [1.29, 1.82) is 0 Å². The number of nitrogens with zero attached hydrogens (tertiary/aromatic N) is 1. The van der Waals surface area contributed by atoms with Gasteiger partial charge in [0.25, 0.3) is 0 Å². The molecule has 8 heteroatoms. The van der Waals surface area contributed by atoms with Crippen LogP contribution >= 0.6 is 0 Å². The summed E-state index contributed by atoms with van der Waals surface area (Å²) >= 11 is 0. The molecule has 0 fully saturated rings. The zero-order valence-electron chi connectivity index (χ0n) is 10.5. The predicted octanol–water partition coefficient (Wildman–Crippen LogP) is 1.22. The molecule has 0 atom stereocenters. The number of furan rings is 1. The molecule has 20 heavy (non-hydrogen) atoms. The maximum absolute atomic E-state index is 12.3. The third-order valence-corrected chi connectivity index (χ3v) is 4.22. The molecule has 1 aromatic carbocycles. The van der Waals surface area contributed by atoms with Crippen LogP contribution < -0.4 is 10.5 Å². The maximum atomic E-state index is 12.3. The highest BCUT2D eigenvalue weighted by Crippen LogP contribution is 2.24.